The molecule has 1 saturated heterocycles. The highest BCUT2D eigenvalue weighted by Gasteiger charge is 2.39. The summed E-state index contributed by atoms with van der Waals surface area (Å²) in [4.78, 5) is 17.8. The monoisotopic (exact) mass is 361 g/mol. The second kappa shape index (κ2) is 7.01. The lowest BCUT2D eigenvalue weighted by Gasteiger charge is -2.45. The third-order valence-electron chi connectivity index (χ3n) is 6.29. The zero-order chi connectivity index (χ0) is 18.2. The van der Waals surface area contributed by atoms with Crippen LogP contribution in [0.15, 0.2) is 54.6 Å². The number of para-hydroxylation sites is 1. The van der Waals surface area contributed by atoms with Gasteiger partial charge in [0, 0.05) is 36.9 Å². The molecule has 2 fully saturated rings. The van der Waals surface area contributed by atoms with E-state index in [1.165, 1.54) is 30.5 Å². The van der Waals surface area contributed by atoms with Crippen LogP contribution in [0.2, 0.25) is 0 Å². The van der Waals surface area contributed by atoms with Gasteiger partial charge in [-0.15, -0.1) is 0 Å². The summed E-state index contributed by atoms with van der Waals surface area (Å²) in [7, 11) is 0. The van der Waals surface area contributed by atoms with Crippen LogP contribution in [0.1, 0.15) is 42.9 Å². The van der Waals surface area contributed by atoms with Crippen molar-refractivity contribution in [1.82, 2.24) is 9.80 Å². The number of benzene rings is 2. The quantitative estimate of drug-likeness (QED) is 0.870. The number of anilines is 1. The van der Waals surface area contributed by atoms with Crippen molar-refractivity contribution >= 4 is 11.7 Å². The van der Waals surface area contributed by atoms with Crippen molar-refractivity contribution in [2.75, 3.05) is 25.0 Å². The molecule has 0 bridgehead atoms. The Bertz CT molecular complexity index is 809. The molecule has 1 aliphatic carbocycles. The molecule has 1 saturated carbocycles. The Kier molecular flexibility index (Phi) is 4.36. The molecule has 5 rings (SSSR count). The van der Waals surface area contributed by atoms with Crippen LogP contribution in [0, 0.1) is 5.92 Å². The minimum atomic E-state index is -0.00358. The van der Waals surface area contributed by atoms with Gasteiger partial charge in [0.05, 0.1) is 6.04 Å². The van der Waals surface area contributed by atoms with Crippen LogP contribution >= 0.6 is 0 Å². The van der Waals surface area contributed by atoms with E-state index in [0.29, 0.717) is 6.04 Å². The van der Waals surface area contributed by atoms with Gasteiger partial charge in [0.25, 0.3) is 0 Å². The molecule has 0 aromatic heterocycles. The summed E-state index contributed by atoms with van der Waals surface area (Å²) in [5, 5.41) is 3.13. The molecule has 27 heavy (non-hydrogen) atoms. The van der Waals surface area contributed by atoms with E-state index in [4.69, 9.17) is 0 Å². The second-order valence-electron chi connectivity index (χ2n) is 8.21. The van der Waals surface area contributed by atoms with Gasteiger partial charge in [0.1, 0.15) is 0 Å². The highest BCUT2D eigenvalue weighted by Crippen LogP contribution is 2.40. The first kappa shape index (κ1) is 16.8. The van der Waals surface area contributed by atoms with Gasteiger partial charge in [-0.25, -0.2) is 4.79 Å². The zero-order valence-electron chi connectivity index (χ0n) is 15.7. The molecule has 3 aliphatic rings. The molecule has 0 radical (unpaired) electrons. The van der Waals surface area contributed by atoms with Crippen molar-refractivity contribution in [1.29, 1.82) is 0 Å². The average Bonchev–Trinajstić information content (AvgIpc) is 3.52. The molecular weight excluding hydrogens is 334 g/mol. The Balaban J connectivity index is 1.44. The maximum Gasteiger partial charge on any atom is 0.322 e. The molecule has 4 nitrogen and oxygen atoms in total. The van der Waals surface area contributed by atoms with Crippen LogP contribution in [0.5, 0.6) is 0 Å². The van der Waals surface area contributed by atoms with Gasteiger partial charge in [0.2, 0.25) is 0 Å². The molecule has 1 atom stereocenters. The predicted octanol–water partition coefficient (Wildman–Crippen LogP) is 4.50. The summed E-state index contributed by atoms with van der Waals surface area (Å²) in [6, 6.07) is 19.0. The number of amides is 2. The Labute approximate surface area is 161 Å². The van der Waals surface area contributed by atoms with Crippen molar-refractivity contribution in [3.8, 4) is 0 Å². The summed E-state index contributed by atoms with van der Waals surface area (Å²) in [6.45, 7) is 3.46. The Morgan fingerprint density at radius 3 is 2.33 bits per heavy atom. The van der Waals surface area contributed by atoms with Crippen molar-refractivity contribution in [2.24, 2.45) is 5.92 Å². The molecule has 1 unspecified atom stereocenters. The maximum atomic E-state index is 13.1. The molecule has 2 aromatic carbocycles. The van der Waals surface area contributed by atoms with E-state index in [1.807, 2.05) is 18.2 Å². The fourth-order valence-corrected chi connectivity index (χ4v) is 4.69. The van der Waals surface area contributed by atoms with Gasteiger partial charge in [-0.3, -0.25) is 0 Å². The minimum absolute atomic E-state index is 0.00358. The Morgan fingerprint density at radius 2 is 1.59 bits per heavy atom. The summed E-state index contributed by atoms with van der Waals surface area (Å²) in [6.07, 6.45) is 4.93. The normalized spacial score (nSPS) is 23.8. The minimum Gasteiger partial charge on any atom is -0.310 e. The van der Waals surface area contributed by atoms with Crippen LogP contribution in [-0.4, -0.2) is 41.5 Å². The van der Waals surface area contributed by atoms with Crippen molar-refractivity contribution < 1.29 is 4.79 Å². The molecule has 2 amide bonds. The number of nitrogens with one attached hydrogen (secondary N) is 1. The number of carbonyl (C=O) groups excluding carboxylic acids is 1. The first-order valence-electron chi connectivity index (χ1n) is 10.2. The number of likely N-dealkylation sites (tertiary alicyclic amines) is 1. The standard InChI is InChI=1S/C23H27N3O/c27-23-24-21-9-5-4-8-20(21)22(18-6-2-1-3-7-18)26(23)19-12-14-25(15-13-19)16-17-10-11-17/h1-9,17,19,22H,10-16H2,(H,24,27). The van der Waals surface area contributed by atoms with Gasteiger partial charge < -0.3 is 15.1 Å². The fourth-order valence-electron chi connectivity index (χ4n) is 4.69. The summed E-state index contributed by atoms with van der Waals surface area (Å²) < 4.78 is 0. The van der Waals surface area contributed by atoms with E-state index >= 15 is 0 Å². The molecule has 2 aromatic rings. The van der Waals surface area contributed by atoms with E-state index < -0.39 is 0 Å². The second-order valence-corrected chi connectivity index (χ2v) is 8.21. The number of fused-ring (bicyclic) bond motifs is 1. The van der Waals surface area contributed by atoms with Crippen LogP contribution in [0.3, 0.4) is 0 Å². The Morgan fingerprint density at radius 1 is 0.889 bits per heavy atom. The number of piperidine rings is 1. The summed E-state index contributed by atoms with van der Waals surface area (Å²) in [5.41, 5.74) is 3.34. The van der Waals surface area contributed by atoms with Crippen LogP contribution in [0.25, 0.3) is 0 Å². The van der Waals surface area contributed by atoms with Gasteiger partial charge in [-0.2, -0.15) is 0 Å². The topological polar surface area (TPSA) is 35.6 Å². The lowest BCUT2D eigenvalue weighted by Crippen LogP contribution is -2.52. The van der Waals surface area contributed by atoms with E-state index in [-0.39, 0.29) is 12.1 Å². The first-order chi connectivity index (χ1) is 13.3. The van der Waals surface area contributed by atoms with Crippen molar-refractivity contribution in [2.45, 2.75) is 37.8 Å². The lowest BCUT2D eigenvalue weighted by atomic mass is 9.90. The van der Waals surface area contributed by atoms with Crippen molar-refractivity contribution in [3.05, 3.63) is 65.7 Å². The fraction of sp³-hybridized carbons (Fsp3) is 0.435. The number of hydrogen-bond acceptors (Lipinski definition) is 2. The molecule has 140 valence electrons. The SMILES string of the molecule is O=C1Nc2ccccc2C(c2ccccc2)N1C1CCN(CC2CC2)CC1. The largest absolute Gasteiger partial charge is 0.322 e. The molecule has 0 spiro atoms. The average molecular weight is 361 g/mol. The van der Waals surface area contributed by atoms with Gasteiger partial charge >= 0.3 is 6.03 Å². The van der Waals surface area contributed by atoms with Crippen LogP contribution < -0.4 is 5.32 Å². The lowest BCUT2D eigenvalue weighted by molar-refractivity contribution is 0.106. The molecule has 1 N–H and O–H groups in total. The highest BCUT2D eigenvalue weighted by molar-refractivity contribution is 5.93. The van der Waals surface area contributed by atoms with Gasteiger partial charge in [0.15, 0.2) is 0 Å². The smallest absolute Gasteiger partial charge is 0.310 e. The van der Waals surface area contributed by atoms with Gasteiger partial charge in [-0.05, 0) is 43.2 Å². The van der Waals surface area contributed by atoms with E-state index in [2.05, 4.69) is 51.5 Å². The number of rotatable bonds is 4. The molecular formula is C23H27N3O. The summed E-state index contributed by atoms with van der Waals surface area (Å²) >= 11 is 0. The number of urea groups is 1. The third kappa shape index (κ3) is 3.34. The predicted molar refractivity (Wildman–Crippen MR) is 108 cm³/mol. The maximum absolute atomic E-state index is 13.1. The zero-order valence-corrected chi connectivity index (χ0v) is 15.7. The van der Waals surface area contributed by atoms with Crippen molar-refractivity contribution in [3.63, 3.8) is 0 Å². The van der Waals surface area contributed by atoms with E-state index in [1.54, 1.807) is 0 Å². The number of carbonyl (C=O) groups is 1. The van der Waals surface area contributed by atoms with Crippen LogP contribution in [0.4, 0.5) is 10.5 Å². The Hall–Kier alpha value is -2.33. The summed E-state index contributed by atoms with van der Waals surface area (Å²) in [5.74, 6) is 0.934. The highest BCUT2D eigenvalue weighted by atomic mass is 16.2. The number of nitrogens with zero attached hydrogens (tertiary/aromatic N) is 2. The van der Waals surface area contributed by atoms with E-state index in [0.717, 1.165) is 37.5 Å². The molecule has 2 heterocycles. The molecule has 2 aliphatic heterocycles. The van der Waals surface area contributed by atoms with E-state index in [9.17, 15) is 4.79 Å². The first-order valence-corrected chi connectivity index (χ1v) is 10.2. The third-order valence-corrected chi connectivity index (χ3v) is 6.29. The van der Waals surface area contributed by atoms with Crippen LogP contribution in [-0.2, 0) is 0 Å². The number of hydrogen-bond donors (Lipinski definition) is 1. The van der Waals surface area contributed by atoms with Gasteiger partial charge in [-0.1, -0.05) is 48.5 Å². The molecule has 4 heteroatoms.